The second-order valence-electron chi connectivity index (χ2n) is 1.89. The van der Waals surface area contributed by atoms with E-state index in [1.165, 1.54) is 16.4 Å². The van der Waals surface area contributed by atoms with Crippen molar-refractivity contribution >= 4 is 29.7 Å². The molecule has 2 nitrogen and oxygen atoms in total. The smallest absolute Gasteiger partial charge is 0.114 e. The van der Waals surface area contributed by atoms with Crippen LogP contribution < -0.4 is 0 Å². The van der Waals surface area contributed by atoms with E-state index >= 15 is 0 Å². The molecular formula is C7H11NOS2. The molecule has 0 aromatic rings. The maximum Gasteiger partial charge on any atom is 0.114 e. The highest BCUT2D eigenvalue weighted by Gasteiger charge is 2.00. The molecule has 62 valence electrons. The molecule has 1 aliphatic heterocycles. The van der Waals surface area contributed by atoms with Gasteiger partial charge in [-0.3, -0.25) is 0 Å². The standard InChI is InChI=1S/C7H11NOS2/c1-2-9-8-5-7-6-10-3-4-11-7/h5-6H,2-4H2,1H3/b8-5+. The van der Waals surface area contributed by atoms with Gasteiger partial charge in [0, 0.05) is 16.4 Å². The first-order valence-corrected chi connectivity index (χ1v) is 5.57. The molecule has 4 heteroatoms. The van der Waals surface area contributed by atoms with Crippen molar-refractivity contribution in [3.05, 3.63) is 10.3 Å². The average molecular weight is 189 g/mol. The molecule has 11 heavy (non-hydrogen) atoms. The van der Waals surface area contributed by atoms with E-state index in [-0.39, 0.29) is 0 Å². The predicted octanol–water partition coefficient (Wildman–Crippen LogP) is 2.33. The molecule has 1 heterocycles. The molecular weight excluding hydrogens is 178 g/mol. The zero-order chi connectivity index (χ0) is 7.94. The Labute approximate surface area is 75.4 Å². The molecule has 0 aromatic heterocycles. The van der Waals surface area contributed by atoms with Crippen molar-refractivity contribution in [2.45, 2.75) is 6.92 Å². The zero-order valence-corrected chi connectivity index (χ0v) is 8.08. The maximum absolute atomic E-state index is 4.84. The van der Waals surface area contributed by atoms with Crippen molar-refractivity contribution < 1.29 is 4.84 Å². The highest BCUT2D eigenvalue weighted by atomic mass is 32.2. The van der Waals surface area contributed by atoms with Gasteiger partial charge in [0.1, 0.15) is 6.61 Å². The fraction of sp³-hybridized carbons (Fsp3) is 0.571. The SMILES string of the molecule is CCO/N=C/C1=CSCCS1. The summed E-state index contributed by atoms with van der Waals surface area (Å²) in [5.74, 6) is 2.38. The Morgan fingerprint density at radius 3 is 3.27 bits per heavy atom. The molecule has 0 atom stereocenters. The largest absolute Gasteiger partial charge is 0.396 e. The molecule has 0 aromatic carbocycles. The van der Waals surface area contributed by atoms with Gasteiger partial charge in [-0.1, -0.05) is 5.16 Å². The predicted molar refractivity (Wildman–Crippen MR) is 53.1 cm³/mol. The third kappa shape index (κ3) is 3.72. The van der Waals surface area contributed by atoms with E-state index in [1.807, 2.05) is 30.4 Å². The van der Waals surface area contributed by atoms with Crippen LogP contribution in [0.1, 0.15) is 6.92 Å². The number of rotatable bonds is 3. The summed E-state index contributed by atoms with van der Waals surface area (Å²) in [4.78, 5) is 6.05. The Morgan fingerprint density at radius 2 is 2.64 bits per heavy atom. The summed E-state index contributed by atoms with van der Waals surface area (Å²) in [6.07, 6.45) is 1.78. The van der Waals surface area contributed by atoms with Crippen LogP contribution in [0, 0.1) is 0 Å². The molecule has 0 aliphatic carbocycles. The number of allylic oxidation sites excluding steroid dienone is 1. The minimum atomic E-state index is 0.640. The van der Waals surface area contributed by atoms with E-state index in [0.717, 1.165) is 0 Å². The van der Waals surface area contributed by atoms with E-state index in [1.54, 1.807) is 6.21 Å². The van der Waals surface area contributed by atoms with Crippen LogP contribution in [0.4, 0.5) is 0 Å². The summed E-state index contributed by atoms with van der Waals surface area (Å²) in [5.41, 5.74) is 0. The van der Waals surface area contributed by atoms with Crippen LogP contribution >= 0.6 is 23.5 Å². The van der Waals surface area contributed by atoms with Gasteiger partial charge in [0.25, 0.3) is 0 Å². The van der Waals surface area contributed by atoms with E-state index in [4.69, 9.17) is 4.84 Å². The van der Waals surface area contributed by atoms with Gasteiger partial charge in [0.15, 0.2) is 0 Å². The normalized spacial score (nSPS) is 18.5. The lowest BCUT2D eigenvalue weighted by Crippen LogP contribution is -1.92. The van der Waals surface area contributed by atoms with Gasteiger partial charge in [-0.2, -0.15) is 0 Å². The molecule has 0 N–H and O–H groups in total. The minimum Gasteiger partial charge on any atom is -0.396 e. The first-order chi connectivity index (χ1) is 5.43. The van der Waals surface area contributed by atoms with Crippen molar-refractivity contribution in [3.63, 3.8) is 0 Å². The molecule has 0 unspecified atom stereocenters. The first-order valence-electron chi connectivity index (χ1n) is 3.53. The van der Waals surface area contributed by atoms with E-state index < -0.39 is 0 Å². The van der Waals surface area contributed by atoms with E-state index in [2.05, 4.69) is 10.6 Å². The van der Waals surface area contributed by atoms with Crippen LogP contribution in [0.25, 0.3) is 0 Å². The highest BCUT2D eigenvalue weighted by molar-refractivity contribution is 8.09. The van der Waals surface area contributed by atoms with E-state index in [9.17, 15) is 0 Å². The Bertz CT molecular complexity index is 168. The summed E-state index contributed by atoms with van der Waals surface area (Å²) < 4.78 is 0. The van der Waals surface area contributed by atoms with Gasteiger partial charge in [0.05, 0.1) is 6.21 Å². The fourth-order valence-corrected chi connectivity index (χ4v) is 2.50. The Hall–Kier alpha value is -0.0900. The number of hydrogen-bond acceptors (Lipinski definition) is 4. The van der Waals surface area contributed by atoms with Crippen molar-refractivity contribution in [1.82, 2.24) is 0 Å². The molecule has 0 saturated carbocycles. The summed E-state index contributed by atoms with van der Waals surface area (Å²) in [6, 6.07) is 0. The summed E-state index contributed by atoms with van der Waals surface area (Å²) in [7, 11) is 0. The third-order valence-corrected chi connectivity index (χ3v) is 3.29. The van der Waals surface area contributed by atoms with Crippen molar-refractivity contribution in [3.8, 4) is 0 Å². The summed E-state index contributed by atoms with van der Waals surface area (Å²) >= 11 is 3.66. The number of hydrogen-bond donors (Lipinski definition) is 0. The second-order valence-corrected chi connectivity index (χ2v) is 4.04. The quantitative estimate of drug-likeness (QED) is 0.502. The van der Waals surface area contributed by atoms with Gasteiger partial charge in [0.2, 0.25) is 0 Å². The van der Waals surface area contributed by atoms with Crippen LogP contribution in [0.5, 0.6) is 0 Å². The minimum absolute atomic E-state index is 0.640. The first kappa shape index (κ1) is 9.00. The topological polar surface area (TPSA) is 21.6 Å². The van der Waals surface area contributed by atoms with E-state index in [0.29, 0.717) is 6.61 Å². The molecule has 1 rings (SSSR count). The number of oxime groups is 1. The third-order valence-electron chi connectivity index (χ3n) is 1.05. The lowest BCUT2D eigenvalue weighted by molar-refractivity contribution is 0.160. The van der Waals surface area contributed by atoms with Gasteiger partial charge < -0.3 is 4.84 Å². The Balaban J connectivity index is 2.29. The van der Waals surface area contributed by atoms with Crippen LogP contribution in [-0.2, 0) is 4.84 Å². The monoisotopic (exact) mass is 189 g/mol. The molecule has 0 saturated heterocycles. The highest BCUT2D eigenvalue weighted by Crippen LogP contribution is 2.24. The maximum atomic E-state index is 4.84. The van der Waals surface area contributed by atoms with Crippen molar-refractivity contribution in [1.29, 1.82) is 0 Å². The lowest BCUT2D eigenvalue weighted by Gasteiger charge is -2.05. The lowest BCUT2D eigenvalue weighted by atomic mass is 10.7. The van der Waals surface area contributed by atoms with Crippen LogP contribution in [0.3, 0.4) is 0 Å². The average Bonchev–Trinajstić information content (AvgIpc) is 2.07. The zero-order valence-electron chi connectivity index (χ0n) is 6.45. The molecule has 0 bridgehead atoms. The van der Waals surface area contributed by atoms with Crippen LogP contribution in [-0.4, -0.2) is 24.3 Å². The van der Waals surface area contributed by atoms with Crippen LogP contribution in [0.15, 0.2) is 15.5 Å². The van der Waals surface area contributed by atoms with Gasteiger partial charge >= 0.3 is 0 Å². The number of nitrogens with zero attached hydrogens (tertiary/aromatic N) is 1. The fourth-order valence-electron chi connectivity index (χ4n) is 0.614. The Morgan fingerprint density at radius 1 is 1.73 bits per heavy atom. The molecule has 0 spiro atoms. The molecule has 0 amide bonds. The van der Waals surface area contributed by atoms with Gasteiger partial charge in [-0.25, -0.2) is 0 Å². The summed E-state index contributed by atoms with van der Waals surface area (Å²) in [5, 5.41) is 5.91. The number of thioether (sulfide) groups is 2. The second kappa shape index (κ2) is 5.55. The Kier molecular flexibility index (Phi) is 4.54. The summed E-state index contributed by atoms with van der Waals surface area (Å²) in [6.45, 7) is 2.57. The van der Waals surface area contributed by atoms with Crippen molar-refractivity contribution in [2.24, 2.45) is 5.16 Å². The van der Waals surface area contributed by atoms with Crippen molar-refractivity contribution in [2.75, 3.05) is 18.1 Å². The van der Waals surface area contributed by atoms with Gasteiger partial charge in [-0.05, 0) is 12.3 Å². The van der Waals surface area contributed by atoms with Gasteiger partial charge in [-0.15, -0.1) is 23.5 Å². The van der Waals surface area contributed by atoms with Crippen LogP contribution in [0.2, 0.25) is 0 Å². The molecule has 1 aliphatic rings. The molecule has 0 fully saturated rings. The molecule has 0 radical (unpaired) electrons.